The molecule has 0 aromatic rings. The second kappa shape index (κ2) is 9.06. The molecule has 1 atom stereocenters. The fourth-order valence-electron chi connectivity index (χ4n) is 0.334. The summed E-state index contributed by atoms with van der Waals surface area (Å²) in [6.45, 7) is 6.44. The van der Waals surface area contributed by atoms with Crippen molar-refractivity contribution in [1.82, 2.24) is 4.67 Å². The van der Waals surface area contributed by atoms with Crippen LogP contribution in [0.3, 0.4) is 0 Å². The Morgan fingerprint density at radius 3 is 2.00 bits per heavy atom. The van der Waals surface area contributed by atoms with Crippen LogP contribution >= 0.6 is 9.39 Å². The van der Waals surface area contributed by atoms with E-state index in [4.69, 9.17) is 0 Å². The Morgan fingerprint density at radius 1 is 1.50 bits per heavy atom. The maximum Gasteiger partial charge on any atom is 0.131 e. The van der Waals surface area contributed by atoms with Gasteiger partial charge >= 0.3 is 0 Å². The summed E-state index contributed by atoms with van der Waals surface area (Å²) in [6, 6.07) is 0. The van der Waals surface area contributed by atoms with E-state index in [1.807, 2.05) is 25.6 Å². The third-order valence-electron chi connectivity index (χ3n) is 0.817. The molecule has 0 saturated carbocycles. The Balaban J connectivity index is 0. The molecule has 0 saturated heterocycles. The molecular formula is C7H18NOP. The quantitative estimate of drug-likeness (QED) is 0.590. The van der Waals surface area contributed by atoms with Crippen molar-refractivity contribution in [3.8, 4) is 0 Å². The minimum atomic E-state index is 0.249. The first-order valence-electron chi connectivity index (χ1n) is 3.58. The minimum absolute atomic E-state index is 0.249. The summed E-state index contributed by atoms with van der Waals surface area (Å²) >= 11 is 0. The fraction of sp³-hybridized carbons (Fsp3) is 0.857. The molecule has 0 spiro atoms. The van der Waals surface area contributed by atoms with Gasteiger partial charge in [-0.3, -0.25) is 9.46 Å². The molecule has 0 aromatic carbocycles. The highest BCUT2D eigenvalue weighted by atomic mass is 31.0. The normalized spacial score (nSPS) is 8.60. The lowest BCUT2D eigenvalue weighted by atomic mass is 10.3. The first kappa shape index (κ1) is 12.7. The third kappa shape index (κ3) is 15.7. The van der Waals surface area contributed by atoms with Crippen molar-refractivity contribution < 1.29 is 4.79 Å². The molecular weight excluding hydrogens is 145 g/mol. The third-order valence-corrected chi connectivity index (χ3v) is 1.07. The van der Waals surface area contributed by atoms with E-state index in [9.17, 15) is 4.79 Å². The van der Waals surface area contributed by atoms with Crippen molar-refractivity contribution in [2.75, 3.05) is 13.6 Å². The van der Waals surface area contributed by atoms with Crippen molar-refractivity contribution in [2.24, 2.45) is 0 Å². The lowest BCUT2D eigenvalue weighted by Gasteiger charge is -2.05. The number of nitrogens with zero attached hydrogens (tertiary/aromatic N) is 1. The second-order valence-corrected chi connectivity index (χ2v) is 2.81. The summed E-state index contributed by atoms with van der Waals surface area (Å²) in [5.41, 5.74) is 0. The molecule has 0 aliphatic rings. The van der Waals surface area contributed by atoms with E-state index in [-0.39, 0.29) is 5.78 Å². The van der Waals surface area contributed by atoms with Crippen LogP contribution in [0.4, 0.5) is 0 Å². The van der Waals surface area contributed by atoms with Crippen LogP contribution in [0.1, 0.15) is 27.2 Å². The van der Waals surface area contributed by atoms with Gasteiger partial charge in [0.15, 0.2) is 0 Å². The van der Waals surface area contributed by atoms with Crippen LogP contribution in [0.2, 0.25) is 0 Å². The van der Waals surface area contributed by atoms with Crippen molar-refractivity contribution in [1.29, 1.82) is 0 Å². The predicted molar refractivity (Wildman–Crippen MR) is 49.0 cm³/mol. The van der Waals surface area contributed by atoms with Crippen molar-refractivity contribution in [2.45, 2.75) is 27.2 Å². The molecule has 0 amide bonds. The Morgan fingerprint density at radius 2 is 1.90 bits per heavy atom. The molecule has 1 unspecified atom stereocenters. The van der Waals surface area contributed by atoms with Gasteiger partial charge in [0.2, 0.25) is 0 Å². The summed E-state index contributed by atoms with van der Waals surface area (Å²) in [5.74, 6) is 0.249. The van der Waals surface area contributed by atoms with Gasteiger partial charge in [-0.1, -0.05) is 23.2 Å². The Bertz CT molecular complexity index is 83.7. The maximum absolute atomic E-state index is 10.3. The van der Waals surface area contributed by atoms with Crippen molar-refractivity contribution in [3.05, 3.63) is 0 Å². The number of rotatable bonds is 3. The fourth-order valence-corrected chi connectivity index (χ4v) is 0.463. The first-order chi connectivity index (χ1) is 4.63. The molecule has 0 bridgehead atoms. The molecule has 10 heavy (non-hydrogen) atoms. The zero-order chi connectivity index (χ0) is 8.57. The second-order valence-electron chi connectivity index (χ2n) is 1.93. The van der Waals surface area contributed by atoms with Gasteiger partial charge in [0, 0.05) is 13.0 Å². The van der Waals surface area contributed by atoms with Gasteiger partial charge in [0.25, 0.3) is 0 Å². The van der Waals surface area contributed by atoms with E-state index in [1.165, 1.54) is 0 Å². The zero-order valence-electron chi connectivity index (χ0n) is 7.35. The molecule has 0 rings (SSSR count). The van der Waals surface area contributed by atoms with Crippen LogP contribution in [-0.2, 0) is 4.79 Å². The van der Waals surface area contributed by atoms with E-state index in [1.54, 1.807) is 6.92 Å². The molecule has 0 fully saturated rings. The van der Waals surface area contributed by atoms with Gasteiger partial charge in [0.05, 0.1) is 0 Å². The van der Waals surface area contributed by atoms with Gasteiger partial charge in [0.1, 0.15) is 5.78 Å². The molecule has 0 aromatic heterocycles. The number of Topliss-reactive ketones (excluding diaryl/α,β-unsaturated/α-hetero) is 1. The molecule has 3 heteroatoms. The van der Waals surface area contributed by atoms with Crippen LogP contribution < -0.4 is 0 Å². The smallest absolute Gasteiger partial charge is 0.131 e. The highest BCUT2D eigenvalue weighted by molar-refractivity contribution is 7.13. The van der Waals surface area contributed by atoms with Crippen LogP contribution in [0.25, 0.3) is 0 Å². The highest BCUT2D eigenvalue weighted by Gasteiger charge is 1.92. The van der Waals surface area contributed by atoms with Crippen molar-refractivity contribution >= 4 is 15.2 Å². The SMILES string of the molecule is CC.CC(=O)CCN(C)P. The number of carbonyl (C=O) groups is 1. The van der Waals surface area contributed by atoms with Gasteiger partial charge in [-0.15, -0.1) is 0 Å². The minimum Gasteiger partial charge on any atom is -0.300 e. The van der Waals surface area contributed by atoms with Gasteiger partial charge < -0.3 is 0 Å². The maximum atomic E-state index is 10.3. The Kier molecular flexibility index (Phi) is 11.5. The average molecular weight is 163 g/mol. The Hall–Kier alpha value is 0.0600. The van der Waals surface area contributed by atoms with E-state index in [2.05, 4.69) is 9.39 Å². The lowest BCUT2D eigenvalue weighted by Crippen LogP contribution is -2.08. The molecule has 0 N–H and O–H groups in total. The van der Waals surface area contributed by atoms with Gasteiger partial charge in [-0.05, 0) is 14.0 Å². The van der Waals surface area contributed by atoms with Crippen LogP contribution in [0, 0.1) is 0 Å². The zero-order valence-corrected chi connectivity index (χ0v) is 8.50. The lowest BCUT2D eigenvalue weighted by molar-refractivity contribution is -0.117. The molecule has 0 heterocycles. The number of hydrogen-bond donors (Lipinski definition) is 0. The molecule has 0 aliphatic carbocycles. The Labute approximate surface area is 66.2 Å². The monoisotopic (exact) mass is 163 g/mol. The summed E-state index contributed by atoms with van der Waals surface area (Å²) in [4.78, 5) is 10.3. The van der Waals surface area contributed by atoms with Crippen molar-refractivity contribution in [3.63, 3.8) is 0 Å². The topological polar surface area (TPSA) is 20.3 Å². The summed E-state index contributed by atoms with van der Waals surface area (Å²) in [7, 11) is 4.43. The largest absolute Gasteiger partial charge is 0.300 e. The van der Waals surface area contributed by atoms with E-state index >= 15 is 0 Å². The summed E-state index contributed by atoms with van der Waals surface area (Å²) in [6.07, 6.45) is 0.653. The van der Waals surface area contributed by atoms with Gasteiger partial charge in [-0.25, -0.2) is 0 Å². The van der Waals surface area contributed by atoms with E-state index in [0.717, 1.165) is 6.54 Å². The van der Waals surface area contributed by atoms with Crippen LogP contribution in [-0.4, -0.2) is 24.0 Å². The number of carbonyl (C=O) groups excluding carboxylic acids is 1. The van der Waals surface area contributed by atoms with Crippen LogP contribution in [0.5, 0.6) is 0 Å². The van der Waals surface area contributed by atoms with Crippen LogP contribution in [0.15, 0.2) is 0 Å². The van der Waals surface area contributed by atoms with E-state index < -0.39 is 0 Å². The average Bonchev–Trinajstić information content (AvgIpc) is 1.89. The number of ketones is 1. The number of hydrogen-bond acceptors (Lipinski definition) is 2. The summed E-state index contributed by atoms with van der Waals surface area (Å²) in [5, 5.41) is 0. The predicted octanol–water partition coefficient (Wildman–Crippen LogP) is 1.71. The summed E-state index contributed by atoms with van der Waals surface area (Å²) < 4.78 is 1.92. The molecule has 0 radical (unpaired) electrons. The molecule has 0 aliphatic heterocycles. The van der Waals surface area contributed by atoms with Gasteiger partial charge in [-0.2, -0.15) is 0 Å². The van der Waals surface area contributed by atoms with E-state index in [0.29, 0.717) is 6.42 Å². The standard InChI is InChI=1S/C5H12NOP.C2H6/c1-5(7)3-4-6(2)8;1-2/h3-4,8H2,1-2H3;1-2H3. The first-order valence-corrected chi connectivity index (χ1v) is 4.10. The molecule has 62 valence electrons. The highest BCUT2D eigenvalue weighted by Crippen LogP contribution is 1.93. The molecule has 2 nitrogen and oxygen atoms in total.